The number of hydrogen-bond donors (Lipinski definition) is 2. The predicted octanol–water partition coefficient (Wildman–Crippen LogP) is 3.28. The third-order valence-corrected chi connectivity index (χ3v) is 4.14. The predicted molar refractivity (Wildman–Crippen MR) is 96.0 cm³/mol. The van der Waals surface area contributed by atoms with Crippen molar-refractivity contribution in [2.45, 2.75) is 13.8 Å². The second-order valence-electron chi connectivity index (χ2n) is 5.03. The van der Waals surface area contributed by atoms with Crippen LogP contribution in [0, 0.1) is 17.4 Å². The maximum absolute atomic E-state index is 12.0. The van der Waals surface area contributed by atoms with Crippen molar-refractivity contribution in [3.8, 4) is 0 Å². The Morgan fingerprint density at radius 2 is 1.82 bits per heavy atom. The Morgan fingerprint density at radius 1 is 1.09 bits per heavy atom. The Balaban J connectivity index is 1.94. The molecule has 0 heterocycles. The summed E-state index contributed by atoms with van der Waals surface area (Å²) in [5.74, 6) is -0.492. The van der Waals surface area contributed by atoms with Gasteiger partial charge in [0.05, 0.1) is 12.1 Å². The van der Waals surface area contributed by atoms with Crippen LogP contribution in [0.25, 0.3) is 0 Å². The third-order valence-electron chi connectivity index (χ3n) is 3.20. The quantitative estimate of drug-likeness (QED) is 0.764. The molecular weight excluding hydrogens is 391 g/mol. The van der Waals surface area contributed by atoms with E-state index in [0.29, 0.717) is 5.56 Å². The first-order chi connectivity index (χ1) is 10.5. The lowest BCUT2D eigenvalue weighted by Crippen LogP contribution is -2.33. The van der Waals surface area contributed by atoms with E-state index in [-0.39, 0.29) is 18.4 Å². The molecule has 2 aromatic carbocycles. The Morgan fingerprint density at radius 3 is 2.55 bits per heavy atom. The normalized spacial score (nSPS) is 10.1. The number of aryl methyl sites for hydroxylation is 2. The number of carbonyl (C=O) groups excluding carboxylic acids is 2. The van der Waals surface area contributed by atoms with Crippen molar-refractivity contribution in [3.05, 3.63) is 62.7 Å². The van der Waals surface area contributed by atoms with Gasteiger partial charge in [0.2, 0.25) is 5.91 Å². The summed E-state index contributed by atoms with van der Waals surface area (Å²) < 4.78 is 0.854. The lowest BCUT2D eigenvalue weighted by molar-refractivity contribution is -0.115. The fourth-order valence-corrected chi connectivity index (χ4v) is 2.60. The van der Waals surface area contributed by atoms with Gasteiger partial charge >= 0.3 is 0 Å². The molecule has 0 aromatic heterocycles. The molecule has 4 nitrogen and oxygen atoms in total. The first kappa shape index (κ1) is 16.5. The highest BCUT2D eigenvalue weighted by Crippen LogP contribution is 2.16. The van der Waals surface area contributed by atoms with Gasteiger partial charge in [0.1, 0.15) is 0 Å². The van der Waals surface area contributed by atoms with E-state index in [1.54, 1.807) is 12.1 Å². The topological polar surface area (TPSA) is 58.2 Å². The molecule has 0 unspecified atom stereocenters. The van der Waals surface area contributed by atoms with E-state index >= 15 is 0 Å². The van der Waals surface area contributed by atoms with Crippen molar-refractivity contribution in [1.29, 1.82) is 0 Å². The highest BCUT2D eigenvalue weighted by molar-refractivity contribution is 14.1. The van der Waals surface area contributed by atoms with Gasteiger partial charge in [0.25, 0.3) is 5.91 Å². The molecule has 0 spiro atoms. The van der Waals surface area contributed by atoms with E-state index in [0.717, 1.165) is 20.4 Å². The van der Waals surface area contributed by atoms with Crippen molar-refractivity contribution >= 4 is 40.1 Å². The maximum atomic E-state index is 12.0. The van der Waals surface area contributed by atoms with E-state index in [9.17, 15) is 9.59 Å². The molecule has 2 aromatic rings. The van der Waals surface area contributed by atoms with E-state index < -0.39 is 0 Å². The van der Waals surface area contributed by atoms with Crippen LogP contribution >= 0.6 is 22.6 Å². The second-order valence-corrected chi connectivity index (χ2v) is 6.19. The number of rotatable bonds is 4. The van der Waals surface area contributed by atoms with Gasteiger partial charge in [-0.25, -0.2) is 0 Å². The molecule has 22 heavy (non-hydrogen) atoms. The van der Waals surface area contributed by atoms with Gasteiger partial charge in [-0.2, -0.15) is 0 Å². The van der Waals surface area contributed by atoms with E-state index in [4.69, 9.17) is 0 Å². The number of amides is 2. The van der Waals surface area contributed by atoms with Gasteiger partial charge in [-0.15, -0.1) is 0 Å². The highest BCUT2D eigenvalue weighted by Gasteiger charge is 2.11. The van der Waals surface area contributed by atoms with Gasteiger partial charge in [-0.05, 0) is 65.8 Å². The SMILES string of the molecule is Cc1ccc(C)c(NC(=O)CNC(=O)c2ccccc2I)c1. The van der Waals surface area contributed by atoms with Gasteiger partial charge in [-0.3, -0.25) is 9.59 Å². The van der Waals surface area contributed by atoms with Gasteiger partial charge in [0, 0.05) is 9.26 Å². The van der Waals surface area contributed by atoms with Crippen LogP contribution in [0.1, 0.15) is 21.5 Å². The average Bonchev–Trinajstić information content (AvgIpc) is 2.49. The number of anilines is 1. The summed E-state index contributed by atoms with van der Waals surface area (Å²) >= 11 is 2.10. The Hall–Kier alpha value is -1.89. The van der Waals surface area contributed by atoms with Gasteiger partial charge in [0.15, 0.2) is 0 Å². The molecule has 0 aliphatic heterocycles. The molecule has 2 amide bonds. The summed E-state index contributed by atoms with van der Waals surface area (Å²) in [4.78, 5) is 24.0. The number of nitrogens with one attached hydrogen (secondary N) is 2. The molecule has 2 N–H and O–H groups in total. The smallest absolute Gasteiger partial charge is 0.252 e. The van der Waals surface area contributed by atoms with Crippen LogP contribution < -0.4 is 10.6 Å². The first-order valence-corrected chi connectivity index (χ1v) is 7.95. The van der Waals surface area contributed by atoms with Crippen LogP contribution in [0.3, 0.4) is 0 Å². The minimum atomic E-state index is -0.249. The molecule has 0 aliphatic carbocycles. The molecule has 2 rings (SSSR count). The van der Waals surface area contributed by atoms with Crippen molar-refractivity contribution < 1.29 is 9.59 Å². The zero-order valence-corrected chi connectivity index (χ0v) is 14.6. The summed E-state index contributed by atoms with van der Waals surface area (Å²) in [6.45, 7) is 3.84. The van der Waals surface area contributed by atoms with E-state index in [2.05, 4.69) is 33.2 Å². The minimum Gasteiger partial charge on any atom is -0.343 e. The van der Waals surface area contributed by atoms with Crippen LogP contribution in [0.2, 0.25) is 0 Å². The zero-order chi connectivity index (χ0) is 16.1. The number of benzene rings is 2. The first-order valence-electron chi connectivity index (χ1n) is 6.87. The molecule has 0 radical (unpaired) electrons. The van der Waals surface area contributed by atoms with Gasteiger partial charge < -0.3 is 10.6 Å². The number of hydrogen-bond acceptors (Lipinski definition) is 2. The largest absolute Gasteiger partial charge is 0.343 e. The summed E-state index contributed by atoms with van der Waals surface area (Å²) in [6, 6.07) is 13.1. The molecule has 0 saturated carbocycles. The Labute approximate surface area is 143 Å². The molecule has 0 atom stereocenters. The Kier molecular flexibility index (Phi) is 5.54. The number of halogens is 1. The standard InChI is InChI=1S/C17H17IN2O2/c1-11-7-8-12(2)15(9-11)20-16(21)10-19-17(22)13-5-3-4-6-14(13)18/h3-9H,10H2,1-2H3,(H,19,22)(H,20,21). The maximum Gasteiger partial charge on any atom is 0.252 e. The van der Waals surface area contributed by atoms with Crippen molar-refractivity contribution in [1.82, 2.24) is 5.32 Å². The summed E-state index contributed by atoms with van der Waals surface area (Å²) in [5.41, 5.74) is 3.41. The van der Waals surface area contributed by atoms with Crippen molar-refractivity contribution in [2.24, 2.45) is 0 Å². The summed E-state index contributed by atoms with van der Waals surface area (Å²) in [5, 5.41) is 5.46. The molecular formula is C17H17IN2O2. The lowest BCUT2D eigenvalue weighted by Gasteiger charge is -2.10. The fourth-order valence-electron chi connectivity index (χ4n) is 1.97. The van der Waals surface area contributed by atoms with Crippen LogP contribution in [-0.2, 0) is 4.79 Å². The van der Waals surface area contributed by atoms with Gasteiger partial charge in [-0.1, -0.05) is 24.3 Å². The molecule has 0 aliphatic rings. The molecule has 5 heteroatoms. The third kappa shape index (κ3) is 4.30. The highest BCUT2D eigenvalue weighted by atomic mass is 127. The molecule has 0 fully saturated rings. The molecule has 114 valence electrons. The number of carbonyl (C=O) groups is 2. The zero-order valence-electron chi connectivity index (χ0n) is 12.4. The van der Waals surface area contributed by atoms with Crippen molar-refractivity contribution in [3.63, 3.8) is 0 Å². The molecule has 0 saturated heterocycles. The fraction of sp³-hybridized carbons (Fsp3) is 0.176. The Bertz CT molecular complexity index is 714. The van der Waals surface area contributed by atoms with Crippen LogP contribution in [0.15, 0.2) is 42.5 Å². The van der Waals surface area contributed by atoms with Crippen molar-refractivity contribution in [2.75, 3.05) is 11.9 Å². The van der Waals surface area contributed by atoms with E-state index in [1.165, 1.54) is 0 Å². The molecule has 0 bridgehead atoms. The van der Waals surface area contributed by atoms with Crippen LogP contribution in [0.5, 0.6) is 0 Å². The van der Waals surface area contributed by atoms with Crippen LogP contribution in [0.4, 0.5) is 5.69 Å². The summed E-state index contributed by atoms with van der Waals surface area (Å²) in [6.07, 6.45) is 0. The van der Waals surface area contributed by atoms with E-state index in [1.807, 2.05) is 44.2 Å². The minimum absolute atomic E-state index is 0.0583. The second kappa shape index (κ2) is 7.40. The lowest BCUT2D eigenvalue weighted by atomic mass is 10.1. The monoisotopic (exact) mass is 408 g/mol. The summed E-state index contributed by atoms with van der Waals surface area (Å²) in [7, 11) is 0. The van der Waals surface area contributed by atoms with Crippen LogP contribution in [-0.4, -0.2) is 18.4 Å². The average molecular weight is 408 g/mol.